The zero-order chi connectivity index (χ0) is 14.7. The SMILES string of the molecule is CCCCOc1cccc(C2NN=C3CCN(C)CC32)c1. The van der Waals surface area contributed by atoms with Gasteiger partial charge in [0, 0.05) is 31.1 Å². The molecule has 0 radical (unpaired) electrons. The first-order valence-corrected chi connectivity index (χ1v) is 8.01. The van der Waals surface area contributed by atoms with Crippen LogP contribution in [0.25, 0.3) is 0 Å². The van der Waals surface area contributed by atoms with Gasteiger partial charge in [0.1, 0.15) is 5.75 Å². The Kier molecular flexibility index (Phi) is 4.44. The van der Waals surface area contributed by atoms with E-state index >= 15 is 0 Å². The summed E-state index contributed by atoms with van der Waals surface area (Å²) >= 11 is 0. The van der Waals surface area contributed by atoms with Crippen LogP contribution in [0.5, 0.6) is 5.75 Å². The summed E-state index contributed by atoms with van der Waals surface area (Å²) in [5.41, 5.74) is 5.95. The van der Waals surface area contributed by atoms with Crippen molar-refractivity contribution in [3.05, 3.63) is 29.8 Å². The Balaban J connectivity index is 1.70. The molecule has 1 N–H and O–H groups in total. The minimum atomic E-state index is 0.289. The van der Waals surface area contributed by atoms with Crippen LogP contribution in [0.2, 0.25) is 0 Å². The summed E-state index contributed by atoms with van der Waals surface area (Å²) in [4.78, 5) is 2.39. The Morgan fingerprint density at radius 3 is 3.19 bits per heavy atom. The van der Waals surface area contributed by atoms with Crippen LogP contribution in [0.3, 0.4) is 0 Å². The van der Waals surface area contributed by atoms with Crippen molar-refractivity contribution >= 4 is 5.71 Å². The predicted octanol–water partition coefficient (Wildman–Crippen LogP) is 2.82. The fourth-order valence-corrected chi connectivity index (χ4v) is 3.14. The van der Waals surface area contributed by atoms with Crippen LogP contribution in [-0.4, -0.2) is 37.4 Å². The number of rotatable bonds is 5. The molecule has 0 aliphatic carbocycles. The Bertz CT molecular complexity index is 515. The van der Waals surface area contributed by atoms with E-state index < -0.39 is 0 Å². The van der Waals surface area contributed by atoms with E-state index in [1.54, 1.807) is 0 Å². The van der Waals surface area contributed by atoms with Crippen molar-refractivity contribution in [1.29, 1.82) is 0 Å². The van der Waals surface area contributed by atoms with Gasteiger partial charge in [-0.1, -0.05) is 25.5 Å². The van der Waals surface area contributed by atoms with E-state index in [1.165, 1.54) is 11.3 Å². The Hall–Kier alpha value is -1.55. The molecule has 4 heteroatoms. The van der Waals surface area contributed by atoms with Gasteiger partial charge in [-0.3, -0.25) is 0 Å². The maximum Gasteiger partial charge on any atom is 0.119 e. The van der Waals surface area contributed by atoms with Gasteiger partial charge in [0.2, 0.25) is 0 Å². The van der Waals surface area contributed by atoms with Crippen molar-refractivity contribution in [3.63, 3.8) is 0 Å². The van der Waals surface area contributed by atoms with Gasteiger partial charge in [-0.15, -0.1) is 0 Å². The smallest absolute Gasteiger partial charge is 0.119 e. The van der Waals surface area contributed by atoms with Crippen LogP contribution in [0.1, 0.15) is 37.8 Å². The highest BCUT2D eigenvalue weighted by molar-refractivity contribution is 5.89. The van der Waals surface area contributed by atoms with Crippen LogP contribution in [0.4, 0.5) is 0 Å². The number of hydrogen-bond donors (Lipinski definition) is 1. The zero-order valence-electron chi connectivity index (χ0n) is 13.0. The maximum atomic E-state index is 5.83. The molecule has 2 aliphatic heterocycles. The molecule has 0 bridgehead atoms. The molecule has 1 fully saturated rings. The third-order valence-electron chi connectivity index (χ3n) is 4.42. The summed E-state index contributed by atoms with van der Waals surface area (Å²) in [6, 6.07) is 8.77. The predicted molar refractivity (Wildman–Crippen MR) is 85.8 cm³/mol. The van der Waals surface area contributed by atoms with Gasteiger partial charge >= 0.3 is 0 Å². The van der Waals surface area contributed by atoms with E-state index in [0.717, 1.165) is 44.7 Å². The van der Waals surface area contributed by atoms with E-state index in [9.17, 15) is 0 Å². The number of ether oxygens (including phenoxy) is 1. The second-order valence-corrected chi connectivity index (χ2v) is 6.10. The molecular formula is C17H25N3O. The van der Waals surface area contributed by atoms with E-state index in [1.807, 2.05) is 6.07 Å². The number of hydrazone groups is 1. The van der Waals surface area contributed by atoms with Gasteiger partial charge in [-0.25, -0.2) is 0 Å². The number of unbranched alkanes of at least 4 members (excludes halogenated alkanes) is 1. The summed E-state index contributed by atoms with van der Waals surface area (Å²) < 4.78 is 5.83. The molecule has 1 saturated heterocycles. The topological polar surface area (TPSA) is 36.9 Å². The van der Waals surface area contributed by atoms with E-state index in [0.29, 0.717) is 5.92 Å². The first kappa shape index (κ1) is 14.4. The number of nitrogens with zero attached hydrogens (tertiary/aromatic N) is 2. The minimum absolute atomic E-state index is 0.289. The van der Waals surface area contributed by atoms with Gasteiger partial charge in [0.25, 0.3) is 0 Å². The summed E-state index contributed by atoms with van der Waals surface area (Å²) in [5.74, 6) is 1.47. The lowest BCUT2D eigenvalue weighted by molar-refractivity contribution is 0.272. The lowest BCUT2D eigenvalue weighted by atomic mass is 9.86. The van der Waals surface area contributed by atoms with Crippen molar-refractivity contribution in [2.45, 2.75) is 32.2 Å². The number of likely N-dealkylation sites (tertiary alicyclic amines) is 1. The zero-order valence-corrected chi connectivity index (χ0v) is 13.0. The molecule has 0 saturated carbocycles. The fraction of sp³-hybridized carbons (Fsp3) is 0.588. The monoisotopic (exact) mass is 287 g/mol. The third-order valence-corrected chi connectivity index (χ3v) is 4.42. The molecule has 4 nitrogen and oxygen atoms in total. The second kappa shape index (κ2) is 6.48. The highest BCUT2D eigenvalue weighted by atomic mass is 16.5. The summed E-state index contributed by atoms with van der Waals surface area (Å²) in [6.07, 6.45) is 3.35. The first-order chi connectivity index (χ1) is 10.3. The van der Waals surface area contributed by atoms with Crippen LogP contribution < -0.4 is 10.2 Å². The van der Waals surface area contributed by atoms with E-state index in [4.69, 9.17) is 4.74 Å². The molecule has 2 aliphatic rings. The summed E-state index contributed by atoms with van der Waals surface area (Å²) in [6.45, 7) is 5.17. The van der Waals surface area contributed by atoms with Crippen molar-refractivity contribution in [2.24, 2.45) is 11.0 Å². The third kappa shape index (κ3) is 3.21. The fourth-order valence-electron chi connectivity index (χ4n) is 3.14. The lowest BCUT2D eigenvalue weighted by Gasteiger charge is -2.31. The van der Waals surface area contributed by atoms with Gasteiger partial charge in [-0.05, 0) is 31.2 Å². The molecule has 3 rings (SSSR count). The summed E-state index contributed by atoms with van der Waals surface area (Å²) in [5, 5.41) is 4.55. The molecule has 0 amide bonds. The van der Waals surface area contributed by atoms with Gasteiger partial charge in [0.15, 0.2) is 0 Å². The van der Waals surface area contributed by atoms with Gasteiger partial charge in [-0.2, -0.15) is 5.10 Å². The van der Waals surface area contributed by atoms with Crippen LogP contribution >= 0.6 is 0 Å². The van der Waals surface area contributed by atoms with Crippen molar-refractivity contribution in [2.75, 3.05) is 26.7 Å². The number of hydrogen-bond acceptors (Lipinski definition) is 4. The van der Waals surface area contributed by atoms with Gasteiger partial charge in [0.05, 0.1) is 12.6 Å². The molecule has 114 valence electrons. The van der Waals surface area contributed by atoms with E-state index in [2.05, 4.69) is 47.6 Å². The molecule has 21 heavy (non-hydrogen) atoms. The molecule has 1 aromatic carbocycles. The molecule has 0 spiro atoms. The highest BCUT2D eigenvalue weighted by Gasteiger charge is 2.36. The average molecular weight is 287 g/mol. The Morgan fingerprint density at radius 2 is 2.33 bits per heavy atom. The minimum Gasteiger partial charge on any atom is -0.494 e. The average Bonchev–Trinajstić information content (AvgIpc) is 2.91. The van der Waals surface area contributed by atoms with Crippen LogP contribution in [0.15, 0.2) is 29.4 Å². The number of benzene rings is 1. The molecule has 1 aromatic rings. The lowest BCUT2D eigenvalue weighted by Crippen LogP contribution is -2.39. The van der Waals surface area contributed by atoms with Crippen LogP contribution in [0, 0.1) is 5.92 Å². The second-order valence-electron chi connectivity index (χ2n) is 6.10. The maximum absolute atomic E-state index is 5.83. The van der Waals surface area contributed by atoms with Crippen molar-refractivity contribution < 1.29 is 4.74 Å². The molecular weight excluding hydrogens is 262 g/mol. The number of piperidine rings is 1. The van der Waals surface area contributed by atoms with Gasteiger partial charge < -0.3 is 15.1 Å². The first-order valence-electron chi connectivity index (χ1n) is 8.01. The van der Waals surface area contributed by atoms with Crippen molar-refractivity contribution in [3.8, 4) is 5.75 Å². The molecule has 0 aromatic heterocycles. The Morgan fingerprint density at radius 1 is 1.43 bits per heavy atom. The molecule has 2 heterocycles. The van der Waals surface area contributed by atoms with E-state index in [-0.39, 0.29) is 6.04 Å². The molecule has 2 unspecified atom stereocenters. The number of nitrogens with one attached hydrogen (secondary N) is 1. The largest absolute Gasteiger partial charge is 0.494 e. The standard InChI is InChI=1S/C17H25N3O/c1-3-4-10-21-14-7-5-6-13(11-14)17-15-12-20(2)9-8-16(15)18-19-17/h5-7,11,15,17,19H,3-4,8-10,12H2,1-2H3. The quantitative estimate of drug-likeness (QED) is 0.846. The van der Waals surface area contributed by atoms with Crippen molar-refractivity contribution in [1.82, 2.24) is 10.3 Å². The highest BCUT2D eigenvalue weighted by Crippen LogP contribution is 2.33. The summed E-state index contributed by atoms with van der Waals surface area (Å²) in [7, 11) is 2.19. The normalized spacial score (nSPS) is 25.1. The molecule has 2 atom stereocenters. The number of fused-ring (bicyclic) bond motifs is 1. The Labute approximate surface area is 127 Å². The van der Waals surface area contributed by atoms with Crippen LogP contribution in [-0.2, 0) is 0 Å².